The first-order valence-corrected chi connectivity index (χ1v) is 11.2. The maximum atomic E-state index is 13.7. The fourth-order valence-electron chi connectivity index (χ4n) is 3.53. The highest BCUT2D eigenvalue weighted by Gasteiger charge is 2.43. The molecule has 140 valence electrons. The summed E-state index contributed by atoms with van der Waals surface area (Å²) < 4.78 is 30.4. The first kappa shape index (κ1) is 19.3. The second kappa shape index (κ2) is 9.48. The quantitative estimate of drug-likeness (QED) is 0.478. The van der Waals surface area contributed by atoms with Crippen LogP contribution in [0.4, 0.5) is 0 Å². The zero-order valence-corrected chi connectivity index (χ0v) is 16.1. The van der Waals surface area contributed by atoms with E-state index >= 15 is 0 Å². The highest BCUT2D eigenvalue weighted by molar-refractivity contribution is 7.64. The molecule has 1 fully saturated rings. The van der Waals surface area contributed by atoms with Crippen molar-refractivity contribution in [3.8, 4) is 0 Å². The van der Waals surface area contributed by atoms with Crippen LogP contribution in [-0.4, -0.2) is 38.4 Å². The van der Waals surface area contributed by atoms with Gasteiger partial charge in [0.05, 0.1) is 26.5 Å². The number of ether oxygens (including phenoxy) is 3. The summed E-state index contributed by atoms with van der Waals surface area (Å²) in [5, 5.41) is 0. The first-order chi connectivity index (χ1) is 12.7. The van der Waals surface area contributed by atoms with Crippen LogP contribution in [0.25, 0.3) is 0 Å². The summed E-state index contributed by atoms with van der Waals surface area (Å²) in [6.07, 6.45) is 1.96. The van der Waals surface area contributed by atoms with Crippen LogP contribution >= 0.6 is 7.14 Å². The van der Waals surface area contributed by atoms with Crippen molar-refractivity contribution in [2.75, 3.05) is 26.7 Å². The fraction of sp³-hybridized carbons (Fsp3) is 0.429. The van der Waals surface area contributed by atoms with E-state index in [0.717, 1.165) is 17.5 Å². The van der Waals surface area contributed by atoms with E-state index in [2.05, 4.69) is 0 Å². The van der Waals surface area contributed by atoms with E-state index in [-0.39, 0.29) is 18.6 Å². The number of methoxy groups -OCH3 is 1. The summed E-state index contributed by atoms with van der Waals surface area (Å²) in [7, 11) is -0.815. The highest BCUT2D eigenvalue weighted by atomic mass is 31.2. The summed E-state index contributed by atoms with van der Waals surface area (Å²) in [5.74, 6) is 0. The van der Waals surface area contributed by atoms with Gasteiger partial charge in [-0.05, 0) is 17.5 Å². The SMILES string of the molecule is COCO[C@H]1C[C@H](COCc2ccccc2)P(=O)(Cc2ccccc2)C1. The van der Waals surface area contributed by atoms with Crippen molar-refractivity contribution in [3.63, 3.8) is 0 Å². The molecule has 0 amide bonds. The minimum Gasteiger partial charge on any atom is -0.376 e. The van der Waals surface area contributed by atoms with Crippen molar-refractivity contribution in [1.82, 2.24) is 0 Å². The van der Waals surface area contributed by atoms with Gasteiger partial charge >= 0.3 is 0 Å². The van der Waals surface area contributed by atoms with Crippen LogP contribution in [0.2, 0.25) is 0 Å². The van der Waals surface area contributed by atoms with Crippen LogP contribution in [0.5, 0.6) is 0 Å². The largest absolute Gasteiger partial charge is 0.376 e. The molecule has 1 unspecified atom stereocenters. The molecule has 0 aromatic heterocycles. The lowest BCUT2D eigenvalue weighted by molar-refractivity contribution is -0.0646. The molecular formula is C21H27O4P. The maximum Gasteiger partial charge on any atom is 0.146 e. The van der Waals surface area contributed by atoms with Crippen LogP contribution in [0.3, 0.4) is 0 Å². The number of benzene rings is 2. The van der Waals surface area contributed by atoms with E-state index in [0.29, 0.717) is 25.5 Å². The van der Waals surface area contributed by atoms with Gasteiger partial charge in [0.2, 0.25) is 0 Å². The van der Waals surface area contributed by atoms with Gasteiger partial charge in [-0.2, -0.15) is 0 Å². The summed E-state index contributed by atoms with van der Waals surface area (Å²) in [6.45, 7) is 1.30. The Morgan fingerprint density at radius 2 is 1.65 bits per heavy atom. The van der Waals surface area contributed by atoms with Gasteiger partial charge in [0.1, 0.15) is 6.79 Å². The van der Waals surface area contributed by atoms with Crippen molar-refractivity contribution in [3.05, 3.63) is 71.8 Å². The normalized spacial score (nSPS) is 25.4. The predicted octanol–water partition coefficient (Wildman–Crippen LogP) is 4.53. The van der Waals surface area contributed by atoms with E-state index in [1.807, 2.05) is 60.7 Å². The van der Waals surface area contributed by atoms with E-state index in [4.69, 9.17) is 14.2 Å². The molecule has 0 radical (unpaired) electrons. The topological polar surface area (TPSA) is 44.8 Å². The van der Waals surface area contributed by atoms with Gasteiger partial charge in [-0.3, -0.25) is 0 Å². The summed E-state index contributed by atoms with van der Waals surface area (Å²) >= 11 is 0. The van der Waals surface area contributed by atoms with Gasteiger partial charge in [0.15, 0.2) is 0 Å². The van der Waals surface area contributed by atoms with Crippen LogP contribution in [0.15, 0.2) is 60.7 Å². The van der Waals surface area contributed by atoms with Crippen molar-refractivity contribution in [1.29, 1.82) is 0 Å². The molecule has 2 aromatic rings. The Balaban J connectivity index is 1.64. The molecule has 4 nitrogen and oxygen atoms in total. The van der Waals surface area contributed by atoms with Gasteiger partial charge in [0, 0.05) is 25.1 Å². The van der Waals surface area contributed by atoms with Crippen molar-refractivity contribution in [2.24, 2.45) is 0 Å². The smallest absolute Gasteiger partial charge is 0.146 e. The average molecular weight is 374 g/mol. The molecule has 1 aliphatic heterocycles. The third-order valence-electron chi connectivity index (χ3n) is 4.85. The molecule has 0 aliphatic carbocycles. The molecule has 1 saturated heterocycles. The third-order valence-corrected chi connectivity index (χ3v) is 8.47. The lowest BCUT2D eigenvalue weighted by Gasteiger charge is -2.20. The van der Waals surface area contributed by atoms with Crippen molar-refractivity contribution < 1.29 is 18.8 Å². The molecule has 0 spiro atoms. The minimum absolute atomic E-state index is 0.0187. The summed E-state index contributed by atoms with van der Waals surface area (Å²) in [6, 6.07) is 20.2. The number of hydrogen-bond acceptors (Lipinski definition) is 4. The average Bonchev–Trinajstić information content (AvgIpc) is 2.97. The minimum atomic E-state index is -2.43. The Morgan fingerprint density at radius 1 is 1.00 bits per heavy atom. The summed E-state index contributed by atoms with van der Waals surface area (Å²) in [5.41, 5.74) is 2.29. The van der Waals surface area contributed by atoms with E-state index in [1.54, 1.807) is 7.11 Å². The molecule has 1 heterocycles. The molecule has 0 N–H and O–H groups in total. The fourth-order valence-corrected chi connectivity index (χ4v) is 6.98. The van der Waals surface area contributed by atoms with Crippen LogP contribution in [0, 0.1) is 0 Å². The van der Waals surface area contributed by atoms with Crippen LogP contribution < -0.4 is 0 Å². The zero-order valence-electron chi connectivity index (χ0n) is 15.3. The predicted molar refractivity (Wildman–Crippen MR) is 104 cm³/mol. The third kappa shape index (κ3) is 5.28. The lowest BCUT2D eigenvalue weighted by atomic mass is 10.2. The van der Waals surface area contributed by atoms with Crippen LogP contribution in [-0.2, 0) is 31.5 Å². The second-order valence-electron chi connectivity index (χ2n) is 6.86. The second-order valence-corrected chi connectivity index (χ2v) is 10.2. The first-order valence-electron chi connectivity index (χ1n) is 9.03. The van der Waals surface area contributed by atoms with Crippen molar-refractivity contribution in [2.45, 2.75) is 31.0 Å². The highest BCUT2D eigenvalue weighted by Crippen LogP contribution is 2.60. The van der Waals surface area contributed by atoms with Gasteiger partial charge in [-0.25, -0.2) is 0 Å². The monoisotopic (exact) mass is 374 g/mol. The number of rotatable bonds is 9. The maximum absolute atomic E-state index is 13.7. The molecule has 1 aliphatic rings. The molecule has 2 aromatic carbocycles. The van der Waals surface area contributed by atoms with E-state index < -0.39 is 7.14 Å². The van der Waals surface area contributed by atoms with Crippen molar-refractivity contribution >= 4 is 7.14 Å². The molecule has 3 rings (SSSR count). The van der Waals surface area contributed by atoms with E-state index in [9.17, 15) is 4.57 Å². The Hall–Kier alpha value is -1.45. The molecule has 26 heavy (non-hydrogen) atoms. The Morgan fingerprint density at radius 3 is 2.31 bits per heavy atom. The van der Waals surface area contributed by atoms with Gasteiger partial charge < -0.3 is 18.8 Å². The van der Waals surface area contributed by atoms with E-state index in [1.165, 1.54) is 0 Å². The Kier molecular flexibility index (Phi) is 7.04. The molecule has 0 bridgehead atoms. The summed E-state index contributed by atoms with van der Waals surface area (Å²) in [4.78, 5) is 0. The molecule has 3 atom stereocenters. The Labute approximate surface area is 155 Å². The Bertz CT molecular complexity index is 704. The number of hydrogen-bond donors (Lipinski definition) is 0. The van der Waals surface area contributed by atoms with Gasteiger partial charge in [-0.1, -0.05) is 60.7 Å². The molecule has 0 saturated carbocycles. The van der Waals surface area contributed by atoms with Crippen LogP contribution in [0.1, 0.15) is 17.5 Å². The molecule has 5 heteroatoms. The lowest BCUT2D eigenvalue weighted by Crippen LogP contribution is -2.17. The zero-order chi connectivity index (χ0) is 18.2. The van der Waals surface area contributed by atoms with Gasteiger partial charge in [0.25, 0.3) is 0 Å². The standard InChI is InChI=1S/C21H27O4P/c1-23-17-25-20-12-21(14-24-13-18-8-4-2-5-9-18)26(22,16-20)15-19-10-6-3-7-11-19/h2-11,20-21H,12-17H2,1H3/t20-,21+,26?/m0/s1. The molecular weight excluding hydrogens is 347 g/mol. The van der Waals surface area contributed by atoms with Gasteiger partial charge in [-0.15, -0.1) is 0 Å².